The topological polar surface area (TPSA) is 49.3 Å². The van der Waals surface area contributed by atoms with E-state index in [1.807, 2.05) is 41.6 Å². The molecule has 1 amide bonds. The predicted octanol–water partition coefficient (Wildman–Crippen LogP) is 2.13. The number of carbonyl (C=O) groups is 1. The molecule has 0 N–H and O–H groups in total. The van der Waals surface area contributed by atoms with Gasteiger partial charge in [0.2, 0.25) is 5.91 Å². The van der Waals surface area contributed by atoms with Gasteiger partial charge in [0.15, 0.2) is 0 Å². The lowest BCUT2D eigenvalue weighted by atomic mass is 10.2. The summed E-state index contributed by atoms with van der Waals surface area (Å²) in [5, 5.41) is 3.09. The maximum Gasteiger partial charge on any atom is 0.223 e. The molecule has 116 valence electrons. The molecule has 2 aromatic rings. The number of anilines is 1. The average Bonchev–Trinajstić information content (AvgIpc) is 2.99. The number of carbonyl (C=O) groups excluding carboxylic acids is 1. The van der Waals surface area contributed by atoms with Crippen LogP contribution in [0.1, 0.15) is 17.1 Å². The first-order valence-corrected chi connectivity index (χ1v) is 8.45. The fourth-order valence-electron chi connectivity index (χ4n) is 2.62. The number of aromatic nitrogens is 2. The van der Waals surface area contributed by atoms with Crippen molar-refractivity contribution in [1.82, 2.24) is 14.9 Å². The van der Waals surface area contributed by atoms with Crippen molar-refractivity contribution in [3.8, 4) is 0 Å². The Labute approximate surface area is 134 Å². The molecule has 2 aromatic heterocycles. The molecular weight excluding hydrogens is 296 g/mol. The zero-order valence-electron chi connectivity index (χ0n) is 12.7. The Morgan fingerprint density at radius 3 is 2.73 bits per heavy atom. The fraction of sp³-hybridized carbons (Fsp3) is 0.438. The van der Waals surface area contributed by atoms with Crippen LogP contribution >= 0.6 is 11.3 Å². The molecule has 0 bridgehead atoms. The first-order valence-electron chi connectivity index (χ1n) is 7.57. The molecule has 5 nitrogen and oxygen atoms in total. The third kappa shape index (κ3) is 3.62. The van der Waals surface area contributed by atoms with Crippen molar-refractivity contribution in [1.29, 1.82) is 0 Å². The van der Waals surface area contributed by atoms with Crippen LogP contribution in [-0.4, -0.2) is 47.0 Å². The second-order valence-corrected chi connectivity index (χ2v) is 6.38. The highest BCUT2D eigenvalue weighted by Gasteiger charge is 2.21. The Hall–Kier alpha value is -1.95. The number of amides is 1. The predicted molar refractivity (Wildman–Crippen MR) is 88.2 cm³/mol. The Bertz CT molecular complexity index is 620. The first kappa shape index (κ1) is 15.0. The van der Waals surface area contributed by atoms with Gasteiger partial charge in [0.25, 0.3) is 0 Å². The van der Waals surface area contributed by atoms with Crippen LogP contribution < -0.4 is 4.90 Å². The molecule has 1 fully saturated rings. The van der Waals surface area contributed by atoms with Gasteiger partial charge >= 0.3 is 0 Å². The number of piperazine rings is 1. The molecule has 3 heterocycles. The minimum atomic E-state index is 0.230. The number of pyridine rings is 1. The van der Waals surface area contributed by atoms with E-state index in [4.69, 9.17) is 0 Å². The van der Waals surface area contributed by atoms with Crippen LogP contribution in [0.2, 0.25) is 0 Å². The summed E-state index contributed by atoms with van der Waals surface area (Å²) in [5.41, 5.74) is 1.04. The van der Waals surface area contributed by atoms with Gasteiger partial charge in [0.1, 0.15) is 5.82 Å². The van der Waals surface area contributed by atoms with Gasteiger partial charge in [0, 0.05) is 56.3 Å². The maximum atomic E-state index is 12.3. The highest BCUT2D eigenvalue weighted by molar-refractivity contribution is 7.09. The second kappa shape index (κ2) is 6.87. The minimum absolute atomic E-state index is 0.230. The van der Waals surface area contributed by atoms with Crippen LogP contribution in [0.4, 0.5) is 5.82 Å². The Kier molecular flexibility index (Phi) is 4.68. The summed E-state index contributed by atoms with van der Waals surface area (Å²) >= 11 is 1.64. The SMILES string of the molecule is Cc1csc(CCC(=O)N2CCN(c3ccccn3)CC2)n1. The van der Waals surface area contributed by atoms with E-state index in [1.54, 1.807) is 11.3 Å². The Morgan fingerprint density at radius 2 is 2.09 bits per heavy atom. The highest BCUT2D eigenvalue weighted by Crippen LogP contribution is 2.15. The molecule has 3 rings (SSSR count). The highest BCUT2D eigenvalue weighted by atomic mass is 32.1. The largest absolute Gasteiger partial charge is 0.353 e. The molecule has 1 aliphatic rings. The minimum Gasteiger partial charge on any atom is -0.353 e. The molecule has 0 radical (unpaired) electrons. The summed E-state index contributed by atoms with van der Waals surface area (Å²) in [5.74, 6) is 1.22. The molecule has 0 atom stereocenters. The summed E-state index contributed by atoms with van der Waals surface area (Å²) < 4.78 is 0. The Morgan fingerprint density at radius 1 is 1.27 bits per heavy atom. The molecule has 0 aliphatic carbocycles. The summed E-state index contributed by atoms with van der Waals surface area (Å²) in [6, 6.07) is 5.93. The van der Waals surface area contributed by atoms with Crippen LogP contribution in [0.3, 0.4) is 0 Å². The van der Waals surface area contributed by atoms with Crippen LogP contribution in [-0.2, 0) is 11.2 Å². The van der Waals surface area contributed by atoms with E-state index < -0.39 is 0 Å². The van der Waals surface area contributed by atoms with Crippen molar-refractivity contribution in [3.05, 3.63) is 40.5 Å². The molecule has 0 unspecified atom stereocenters. The lowest BCUT2D eigenvalue weighted by Gasteiger charge is -2.35. The zero-order valence-corrected chi connectivity index (χ0v) is 13.6. The van der Waals surface area contributed by atoms with Crippen LogP contribution in [0, 0.1) is 6.92 Å². The van der Waals surface area contributed by atoms with E-state index in [1.165, 1.54) is 0 Å². The van der Waals surface area contributed by atoms with Crippen molar-refractivity contribution in [2.45, 2.75) is 19.8 Å². The fourth-order valence-corrected chi connectivity index (χ4v) is 3.39. The van der Waals surface area contributed by atoms with Crippen molar-refractivity contribution in [2.75, 3.05) is 31.1 Å². The number of aryl methyl sites for hydroxylation is 2. The third-order valence-electron chi connectivity index (χ3n) is 3.82. The van der Waals surface area contributed by atoms with Crippen molar-refractivity contribution in [3.63, 3.8) is 0 Å². The van der Waals surface area contributed by atoms with Gasteiger partial charge in [-0.1, -0.05) is 6.07 Å². The van der Waals surface area contributed by atoms with Crippen molar-refractivity contribution < 1.29 is 4.79 Å². The summed E-state index contributed by atoms with van der Waals surface area (Å²) in [6.07, 6.45) is 3.11. The van der Waals surface area contributed by atoms with Gasteiger partial charge in [-0.15, -0.1) is 11.3 Å². The summed E-state index contributed by atoms with van der Waals surface area (Å²) in [7, 11) is 0. The molecular formula is C16H20N4OS. The average molecular weight is 316 g/mol. The molecule has 0 spiro atoms. The number of nitrogens with zero attached hydrogens (tertiary/aromatic N) is 4. The second-order valence-electron chi connectivity index (χ2n) is 5.44. The molecule has 1 saturated heterocycles. The summed E-state index contributed by atoms with van der Waals surface area (Å²) in [4.78, 5) is 25.3. The monoisotopic (exact) mass is 316 g/mol. The van der Waals surface area contributed by atoms with Gasteiger partial charge in [-0.05, 0) is 19.1 Å². The van der Waals surface area contributed by atoms with Gasteiger partial charge < -0.3 is 9.80 Å². The quantitative estimate of drug-likeness (QED) is 0.867. The third-order valence-corrected chi connectivity index (χ3v) is 4.85. The Balaban J connectivity index is 1.47. The lowest BCUT2D eigenvalue weighted by molar-refractivity contribution is -0.131. The van der Waals surface area contributed by atoms with E-state index in [-0.39, 0.29) is 5.91 Å². The smallest absolute Gasteiger partial charge is 0.223 e. The van der Waals surface area contributed by atoms with Gasteiger partial charge in [-0.2, -0.15) is 0 Å². The number of hydrogen-bond acceptors (Lipinski definition) is 5. The molecule has 22 heavy (non-hydrogen) atoms. The summed E-state index contributed by atoms with van der Waals surface area (Å²) in [6.45, 7) is 5.22. The van der Waals surface area contributed by atoms with Gasteiger partial charge in [0.05, 0.1) is 5.01 Å². The number of rotatable bonds is 4. The van der Waals surface area contributed by atoms with Crippen molar-refractivity contribution in [2.24, 2.45) is 0 Å². The molecule has 6 heteroatoms. The van der Waals surface area contributed by atoms with Gasteiger partial charge in [-0.25, -0.2) is 9.97 Å². The standard InChI is InChI=1S/C16H20N4OS/c1-13-12-22-15(18-13)5-6-16(21)20-10-8-19(9-11-20)14-4-2-3-7-17-14/h2-4,7,12H,5-6,8-11H2,1H3. The van der Waals surface area contributed by atoms with Crippen molar-refractivity contribution >= 4 is 23.1 Å². The number of thiazole rings is 1. The first-order chi connectivity index (χ1) is 10.7. The maximum absolute atomic E-state index is 12.3. The lowest BCUT2D eigenvalue weighted by Crippen LogP contribution is -2.49. The van der Waals surface area contributed by atoms with E-state index in [9.17, 15) is 4.79 Å². The van der Waals surface area contributed by atoms with Crippen LogP contribution in [0.5, 0.6) is 0 Å². The number of hydrogen-bond donors (Lipinski definition) is 0. The van der Waals surface area contributed by atoms with E-state index in [0.717, 1.165) is 49.1 Å². The van der Waals surface area contributed by atoms with E-state index in [0.29, 0.717) is 6.42 Å². The van der Waals surface area contributed by atoms with Crippen LogP contribution in [0.25, 0.3) is 0 Å². The van der Waals surface area contributed by atoms with E-state index >= 15 is 0 Å². The van der Waals surface area contributed by atoms with Crippen LogP contribution in [0.15, 0.2) is 29.8 Å². The normalized spacial score (nSPS) is 15.1. The molecule has 0 aromatic carbocycles. The molecule has 1 aliphatic heterocycles. The van der Waals surface area contributed by atoms with E-state index in [2.05, 4.69) is 14.9 Å². The zero-order chi connectivity index (χ0) is 15.4. The molecule has 0 saturated carbocycles. The van der Waals surface area contributed by atoms with Gasteiger partial charge in [-0.3, -0.25) is 4.79 Å².